The van der Waals surface area contributed by atoms with E-state index < -0.39 is 6.10 Å². The monoisotopic (exact) mass is 397 g/mol. The second kappa shape index (κ2) is 6.83. The zero-order chi connectivity index (χ0) is 19.1. The zero-order valence-electron chi connectivity index (χ0n) is 14.7. The fraction of sp³-hybridized carbons (Fsp3) is 0.250. The van der Waals surface area contributed by atoms with Crippen molar-refractivity contribution in [1.82, 2.24) is 15.0 Å². The second-order valence-corrected chi connectivity index (χ2v) is 7.21. The minimum absolute atomic E-state index is 0.0150. The molecule has 2 aliphatic heterocycles. The van der Waals surface area contributed by atoms with E-state index in [4.69, 9.17) is 25.6 Å². The molecule has 2 aliphatic rings. The molecule has 8 heteroatoms. The molecule has 0 saturated carbocycles. The van der Waals surface area contributed by atoms with E-state index in [0.717, 1.165) is 5.56 Å². The highest BCUT2D eigenvalue weighted by molar-refractivity contribution is 6.30. The molecule has 1 amide bonds. The number of hydrogen-bond acceptors (Lipinski definition) is 6. The van der Waals surface area contributed by atoms with Crippen LogP contribution in [0.15, 0.2) is 53.1 Å². The Morgan fingerprint density at radius 2 is 1.93 bits per heavy atom. The van der Waals surface area contributed by atoms with Gasteiger partial charge in [-0.3, -0.25) is 4.79 Å². The number of likely N-dealkylation sites (tertiary alicyclic amines) is 1. The Balaban J connectivity index is 1.22. The average Bonchev–Trinajstić information content (AvgIpc) is 3.16. The number of halogens is 1. The average molecular weight is 398 g/mol. The highest BCUT2D eigenvalue weighted by Gasteiger charge is 2.40. The molecule has 0 N–H and O–H groups in total. The van der Waals surface area contributed by atoms with Crippen LogP contribution in [-0.2, 0) is 4.79 Å². The molecular weight excluding hydrogens is 382 g/mol. The molecule has 5 rings (SSSR count). The number of rotatable bonds is 3. The maximum Gasteiger partial charge on any atom is 0.267 e. The summed E-state index contributed by atoms with van der Waals surface area (Å²) < 4.78 is 16.8. The number of ether oxygens (including phenoxy) is 2. The van der Waals surface area contributed by atoms with Gasteiger partial charge in [-0.05, 0) is 24.3 Å². The van der Waals surface area contributed by atoms with Gasteiger partial charge in [-0.25, -0.2) is 0 Å². The first-order valence-corrected chi connectivity index (χ1v) is 9.32. The summed E-state index contributed by atoms with van der Waals surface area (Å²) in [5, 5.41) is 4.63. The van der Waals surface area contributed by atoms with E-state index in [1.807, 2.05) is 30.3 Å². The minimum atomic E-state index is -0.638. The van der Waals surface area contributed by atoms with Gasteiger partial charge < -0.3 is 18.9 Å². The SMILES string of the molecule is O=C([C@H]1COc2ccccc2O1)N1CC(c2nc(-c3cccc(Cl)c3)no2)C1. The number of carbonyl (C=O) groups is 1. The molecule has 3 heterocycles. The second-order valence-electron chi connectivity index (χ2n) is 6.77. The topological polar surface area (TPSA) is 77.7 Å². The summed E-state index contributed by atoms with van der Waals surface area (Å²) in [5.74, 6) is 2.18. The van der Waals surface area contributed by atoms with Gasteiger partial charge in [0.2, 0.25) is 17.8 Å². The van der Waals surface area contributed by atoms with Crippen molar-refractivity contribution in [1.29, 1.82) is 0 Å². The number of amides is 1. The van der Waals surface area contributed by atoms with Gasteiger partial charge in [-0.1, -0.05) is 41.0 Å². The number of benzene rings is 2. The van der Waals surface area contributed by atoms with Crippen LogP contribution in [0.1, 0.15) is 11.8 Å². The first kappa shape index (κ1) is 17.1. The minimum Gasteiger partial charge on any atom is -0.485 e. The fourth-order valence-electron chi connectivity index (χ4n) is 3.31. The third-order valence-electron chi connectivity index (χ3n) is 4.85. The smallest absolute Gasteiger partial charge is 0.267 e. The molecule has 0 aliphatic carbocycles. The summed E-state index contributed by atoms with van der Waals surface area (Å²) in [6.07, 6.45) is -0.638. The van der Waals surface area contributed by atoms with Crippen LogP contribution in [0, 0.1) is 0 Å². The standard InChI is InChI=1S/C20H16ClN3O4/c21-14-5-3-4-12(8-14)18-22-19(28-23-18)13-9-24(10-13)20(25)17-11-26-15-6-1-2-7-16(15)27-17/h1-8,13,17H,9-11H2/t17-/m1/s1. The van der Waals surface area contributed by atoms with Crippen LogP contribution in [0.2, 0.25) is 5.02 Å². The van der Waals surface area contributed by atoms with Gasteiger partial charge in [-0.15, -0.1) is 0 Å². The number of nitrogens with zero attached hydrogens (tertiary/aromatic N) is 3. The van der Waals surface area contributed by atoms with Crippen molar-refractivity contribution in [3.05, 3.63) is 59.4 Å². The van der Waals surface area contributed by atoms with E-state index in [2.05, 4.69) is 10.1 Å². The Kier molecular flexibility index (Phi) is 4.16. The van der Waals surface area contributed by atoms with E-state index in [0.29, 0.717) is 41.3 Å². The largest absolute Gasteiger partial charge is 0.485 e. The molecule has 2 aromatic carbocycles. The first-order valence-electron chi connectivity index (χ1n) is 8.94. The molecule has 0 radical (unpaired) electrons. The van der Waals surface area contributed by atoms with Gasteiger partial charge in [0.25, 0.3) is 5.91 Å². The van der Waals surface area contributed by atoms with Gasteiger partial charge in [0.1, 0.15) is 6.61 Å². The lowest BCUT2D eigenvalue weighted by Gasteiger charge is -2.39. The number of para-hydroxylation sites is 2. The van der Waals surface area contributed by atoms with Crippen molar-refractivity contribution in [3.63, 3.8) is 0 Å². The van der Waals surface area contributed by atoms with Crippen molar-refractivity contribution in [2.24, 2.45) is 0 Å². The normalized spacial score (nSPS) is 18.6. The molecule has 1 fully saturated rings. The van der Waals surface area contributed by atoms with Crippen LogP contribution in [0.25, 0.3) is 11.4 Å². The van der Waals surface area contributed by atoms with Gasteiger partial charge in [0.15, 0.2) is 11.5 Å². The number of hydrogen-bond donors (Lipinski definition) is 0. The van der Waals surface area contributed by atoms with Crippen LogP contribution >= 0.6 is 11.6 Å². The molecule has 142 valence electrons. The number of carbonyl (C=O) groups excluding carboxylic acids is 1. The van der Waals surface area contributed by atoms with Gasteiger partial charge in [0, 0.05) is 23.7 Å². The number of fused-ring (bicyclic) bond motifs is 1. The highest BCUT2D eigenvalue weighted by Crippen LogP contribution is 2.33. The predicted octanol–water partition coefficient (Wildman–Crippen LogP) is 3.16. The summed E-state index contributed by atoms with van der Waals surface area (Å²) in [6, 6.07) is 14.6. The van der Waals surface area contributed by atoms with Crippen LogP contribution in [-0.4, -0.2) is 46.7 Å². The summed E-state index contributed by atoms with van der Waals surface area (Å²) in [7, 11) is 0. The molecule has 1 atom stereocenters. The van der Waals surface area contributed by atoms with E-state index in [-0.39, 0.29) is 18.4 Å². The Morgan fingerprint density at radius 1 is 1.11 bits per heavy atom. The summed E-state index contributed by atoms with van der Waals surface area (Å²) in [6.45, 7) is 1.23. The number of aromatic nitrogens is 2. The molecule has 0 unspecified atom stereocenters. The van der Waals surface area contributed by atoms with Crippen molar-refractivity contribution in [3.8, 4) is 22.9 Å². The summed E-state index contributed by atoms with van der Waals surface area (Å²) in [4.78, 5) is 18.8. The van der Waals surface area contributed by atoms with Crippen LogP contribution < -0.4 is 9.47 Å². The van der Waals surface area contributed by atoms with Crippen LogP contribution in [0.5, 0.6) is 11.5 Å². The molecule has 7 nitrogen and oxygen atoms in total. The first-order chi connectivity index (χ1) is 13.7. The maximum absolute atomic E-state index is 12.7. The summed E-state index contributed by atoms with van der Waals surface area (Å²) >= 11 is 6.01. The Hall–Kier alpha value is -3.06. The maximum atomic E-state index is 12.7. The lowest BCUT2D eigenvalue weighted by Crippen LogP contribution is -2.55. The van der Waals surface area contributed by atoms with Crippen LogP contribution in [0.4, 0.5) is 0 Å². The van der Waals surface area contributed by atoms with Gasteiger partial charge >= 0.3 is 0 Å². The Labute approximate surface area is 165 Å². The fourth-order valence-corrected chi connectivity index (χ4v) is 3.50. The molecule has 1 aromatic heterocycles. The predicted molar refractivity (Wildman–Crippen MR) is 100 cm³/mol. The van der Waals surface area contributed by atoms with E-state index in [1.165, 1.54) is 0 Å². The molecule has 1 saturated heterocycles. The zero-order valence-corrected chi connectivity index (χ0v) is 15.5. The molecule has 28 heavy (non-hydrogen) atoms. The van der Waals surface area contributed by atoms with Gasteiger partial charge in [-0.2, -0.15) is 4.98 Å². The molecular formula is C20H16ClN3O4. The third kappa shape index (κ3) is 3.07. The molecule has 0 spiro atoms. The van der Waals surface area contributed by atoms with Crippen LogP contribution in [0.3, 0.4) is 0 Å². The highest BCUT2D eigenvalue weighted by atomic mass is 35.5. The van der Waals surface area contributed by atoms with E-state index in [9.17, 15) is 4.79 Å². The Morgan fingerprint density at radius 3 is 2.75 bits per heavy atom. The Bertz CT molecular complexity index is 1030. The van der Waals surface area contributed by atoms with Crippen molar-refractivity contribution in [2.45, 2.75) is 12.0 Å². The summed E-state index contributed by atoms with van der Waals surface area (Å²) in [5.41, 5.74) is 0.793. The lowest BCUT2D eigenvalue weighted by atomic mass is 9.99. The van der Waals surface area contributed by atoms with Crippen molar-refractivity contribution in [2.75, 3.05) is 19.7 Å². The van der Waals surface area contributed by atoms with E-state index in [1.54, 1.807) is 23.1 Å². The van der Waals surface area contributed by atoms with E-state index >= 15 is 0 Å². The molecule has 0 bridgehead atoms. The van der Waals surface area contributed by atoms with Crippen molar-refractivity contribution >= 4 is 17.5 Å². The van der Waals surface area contributed by atoms with Gasteiger partial charge in [0.05, 0.1) is 5.92 Å². The third-order valence-corrected chi connectivity index (χ3v) is 5.09. The molecule has 3 aromatic rings. The quantitative estimate of drug-likeness (QED) is 0.675. The lowest BCUT2D eigenvalue weighted by molar-refractivity contribution is -0.146. The van der Waals surface area contributed by atoms with Crippen molar-refractivity contribution < 1.29 is 18.8 Å².